The Morgan fingerprint density at radius 1 is 1.00 bits per heavy atom. The highest BCUT2D eigenvalue weighted by molar-refractivity contribution is 6.02. The molecule has 1 heterocycles. The molecular weight excluding hydrogens is 430 g/mol. The van der Waals surface area contributed by atoms with Crippen LogP contribution in [0.1, 0.15) is 38.2 Å². The number of nitrogens with zero attached hydrogens (tertiary/aromatic N) is 2. The van der Waals surface area contributed by atoms with Crippen LogP contribution < -0.4 is 24.8 Å². The van der Waals surface area contributed by atoms with Crippen molar-refractivity contribution in [2.24, 2.45) is 11.1 Å². The Kier molecular flexibility index (Phi) is 6.01. The van der Waals surface area contributed by atoms with Gasteiger partial charge in [-0.3, -0.25) is 9.69 Å². The molecule has 0 saturated carbocycles. The predicted octanol–water partition coefficient (Wildman–Crippen LogP) is 4.65. The molecule has 176 valence electrons. The summed E-state index contributed by atoms with van der Waals surface area (Å²) in [6.45, 7) is 4.14. The van der Waals surface area contributed by atoms with E-state index in [9.17, 15) is 10.1 Å². The lowest BCUT2D eigenvalue weighted by molar-refractivity contribution is -0.118. The Hall–Kier alpha value is -3.92. The molecule has 1 atom stereocenters. The van der Waals surface area contributed by atoms with E-state index in [2.05, 4.69) is 19.9 Å². The molecule has 0 aromatic heterocycles. The third-order valence-electron chi connectivity index (χ3n) is 6.46. The number of Topliss-reactive ketones (excluding diaryl/α,β-unsaturated/α-hetero) is 1. The molecule has 4 rings (SSSR count). The van der Waals surface area contributed by atoms with Gasteiger partial charge in [0.2, 0.25) is 0 Å². The van der Waals surface area contributed by atoms with Gasteiger partial charge in [-0.2, -0.15) is 5.26 Å². The first-order valence-electron chi connectivity index (χ1n) is 11.1. The molecule has 1 aliphatic carbocycles. The molecule has 0 fully saturated rings. The van der Waals surface area contributed by atoms with E-state index in [-0.39, 0.29) is 17.0 Å². The van der Waals surface area contributed by atoms with Crippen LogP contribution in [-0.4, -0.2) is 27.1 Å². The van der Waals surface area contributed by atoms with Gasteiger partial charge in [0.15, 0.2) is 5.78 Å². The topological polar surface area (TPSA) is 97.8 Å². The largest absolute Gasteiger partial charge is 0.497 e. The molecule has 0 amide bonds. The zero-order valence-corrected chi connectivity index (χ0v) is 20.1. The van der Waals surface area contributed by atoms with Gasteiger partial charge >= 0.3 is 0 Å². The first-order chi connectivity index (χ1) is 16.2. The lowest BCUT2D eigenvalue weighted by Gasteiger charge is -2.44. The van der Waals surface area contributed by atoms with E-state index >= 15 is 0 Å². The minimum absolute atomic E-state index is 0.0183. The van der Waals surface area contributed by atoms with Crippen LogP contribution >= 0.6 is 0 Å². The molecule has 2 aromatic carbocycles. The summed E-state index contributed by atoms with van der Waals surface area (Å²) >= 11 is 0. The van der Waals surface area contributed by atoms with Gasteiger partial charge in [-0.25, -0.2) is 0 Å². The summed E-state index contributed by atoms with van der Waals surface area (Å²) in [4.78, 5) is 15.4. The summed E-state index contributed by atoms with van der Waals surface area (Å²) in [6, 6.07) is 15.1. The third-order valence-corrected chi connectivity index (χ3v) is 6.46. The van der Waals surface area contributed by atoms with Crippen molar-refractivity contribution < 1.29 is 19.0 Å². The highest BCUT2D eigenvalue weighted by atomic mass is 16.5. The van der Waals surface area contributed by atoms with Crippen molar-refractivity contribution in [3.8, 4) is 23.3 Å². The van der Waals surface area contributed by atoms with Crippen LogP contribution in [-0.2, 0) is 4.79 Å². The quantitative estimate of drug-likeness (QED) is 0.695. The minimum atomic E-state index is -0.546. The molecule has 34 heavy (non-hydrogen) atoms. The highest BCUT2D eigenvalue weighted by Gasteiger charge is 2.45. The fourth-order valence-electron chi connectivity index (χ4n) is 4.88. The molecule has 2 aromatic rings. The molecule has 1 unspecified atom stereocenters. The van der Waals surface area contributed by atoms with E-state index in [1.165, 1.54) is 0 Å². The van der Waals surface area contributed by atoms with Gasteiger partial charge in [0.1, 0.15) is 23.1 Å². The molecule has 2 aliphatic rings. The van der Waals surface area contributed by atoms with Crippen molar-refractivity contribution in [2.75, 3.05) is 26.2 Å². The van der Waals surface area contributed by atoms with Crippen molar-refractivity contribution in [2.45, 2.75) is 32.6 Å². The Balaban J connectivity index is 1.99. The molecular formula is C27H29N3O4. The van der Waals surface area contributed by atoms with E-state index < -0.39 is 5.92 Å². The minimum Gasteiger partial charge on any atom is -0.497 e. The molecule has 2 N–H and O–H groups in total. The predicted molar refractivity (Wildman–Crippen MR) is 130 cm³/mol. The Morgan fingerprint density at radius 2 is 1.65 bits per heavy atom. The number of benzene rings is 2. The summed E-state index contributed by atoms with van der Waals surface area (Å²) in [5.41, 5.74) is 9.65. The second-order valence-corrected chi connectivity index (χ2v) is 9.29. The normalized spacial score (nSPS) is 19.5. The van der Waals surface area contributed by atoms with Gasteiger partial charge in [-0.15, -0.1) is 0 Å². The summed E-state index contributed by atoms with van der Waals surface area (Å²) < 4.78 is 16.3. The van der Waals surface area contributed by atoms with Gasteiger partial charge in [-0.1, -0.05) is 26.0 Å². The molecule has 0 spiro atoms. The number of hydrogen-bond donors (Lipinski definition) is 1. The number of allylic oxidation sites excluding steroid dienone is 3. The maximum atomic E-state index is 13.6. The molecule has 0 bridgehead atoms. The molecule has 0 saturated heterocycles. The lowest BCUT2D eigenvalue weighted by Crippen LogP contribution is -2.42. The monoisotopic (exact) mass is 459 g/mol. The van der Waals surface area contributed by atoms with Crippen LogP contribution in [0.5, 0.6) is 17.2 Å². The standard InChI is InChI=1S/C27H29N3O4/c1-27(2)13-21-25(22(31)14-27)24(16-6-8-17(32-3)9-7-16)19(15-28)26(29)30(21)20-11-10-18(33-4)12-23(20)34-5/h6-12,24H,13-14,29H2,1-5H3. The summed E-state index contributed by atoms with van der Waals surface area (Å²) in [6.07, 6.45) is 1.01. The van der Waals surface area contributed by atoms with E-state index in [0.29, 0.717) is 46.9 Å². The van der Waals surface area contributed by atoms with Gasteiger partial charge in [0.05, 0.1) is 44.6 Å². The number of carbonyl (C=O) groups is 1. The highest BCUT2D eigenvalue weighted by Crippen LogP contribution is 2.51. The molecule has 7 nitrogen and oxygen atoms in total. The van der Waals surface area contributed by atoms with Gasteiger partial charge < -0.3 is 19.9 Å². The fraction of sp³-hybridized carbons (Fsp3) is 0.333. The van der Waals surface area contributed by atoms with Crippen molar-refractivity contribution in [1.82, 2.24) is 0 Å². The number of nitrogens with two attached hydrogens (primary N) is 1. The number of nitriles is 1. The zero-order valence-electron chi connectivity index (χ0n) is 20.1. The lowest BCUT2D eigenvalue weighted by atomic mass is 9.68. The number of ether oxygens (including phenoxy) is 3. The average molecular weight is 460 g/mol. The van der Waals surface area contributed by atoms with Crippen molar-refractivity contribution >= 4 is 11.5 Å². The number of carbonyl (C=O) groups excluding carboxylic acids is 1. The van der Waals surface area contributed by atoms with Crippen LogP contribution in [0.15, 0.2) is 65.1 Å². The van der Waals surface area contributed by atoms with Crippen LogP contribution in [0.2, 0.25) is 0 Å². The Morgan fingerprint density at radius 3 is 2.24 bits per heavy atom. The zero-order chi connectivity index (χ0) is 24.6. The number of methoxy groups -OCH3 is 3. The van der Waals surface area contributed by atoms with Gasteiger partial charge in [0, 0.05) is 23.8 Å². The van der Waals surface area contributed by atoms with E-state index in [1.54, 1.807) is 27.4 Å². The first kappa shape index (κ1) is 23.2. The summed E-state index contributed by atoms with van der Waals surface area (Å²) in [5, 5.41) is 10.2. The second kappa shape index (κ2) is 8.79. The van der Waals surface area contributed by atoms with Crippen molar-refractivity contribution in [3.63, 3.8) is 0 Å². The molecule has 7 heteroatoms. The average Bonchev–Trinajstić information content (AvgIpc) is 2.82. The van der Waals surface area contributed by atoms with E-state index in [0.717, 1.165) is 11.3 Å². The number of anilines is 1. The Labute approximate surface area is 200 Å². The van der Waals surface area contributed by atoms with Gasteiger partial charge in [-0.05, 0) is 41.7 Å². The van der Waals surface area contributed by atoms with Crippen LogP contribution in [0.3, 0.4) is 0 Å². The SMILES string of the molecule is COc1ccc(C2C(C#N)=C(N)N(c3ccc(OC)cc3OC)C3=C2C(=O)CC(C)(C)C3)cc1. The fourth-order valence-corrected chi connectivity index (χ4v) is 4.88. The van der Waals surface area contributed by atoms with Crippen LogP contribution in [0.4, 0.5) is 5.69 Å². The summed E-state index contributed by atoms with van der Waals surface area (Å²) in [7, 11) is 4.75. The number of ketones is 1. The summed E-state index contributed by atoms with van der Waals surface area (Å²) in [5.74, 6) is 1.62. The third kappa shape index (κ3) is 3.86. The second-order valence-electron chi connectivity index (χ2n) is 9.29. The maximum Gasteiger partial charge on any atom is 0.162 e. The maximum absolute atomic E-state index is 13.6. The van der Waals surface area contributed by atoms with Crippen molar-refractivity contribution in [3.05, 3.63) is 70.7 Å². The number of rotatable bonds is 5. The first-order valence-corrected chi connectivity index (χ1v) is 11.1. The van der Waals surface area contributed by atoms with E-state index in [4.69, 9.17) is 19.9 Å². The van der Waals surface area contributed by atoms with Crippen LogP contribution in [0.25, 0.3) is 0 Å². The van der Waals surface area contributed by atoms with Crippen LogP contribution in [0, 0.1) is 16.7 Å². The van der Waals surface area contributed by atoms with E-state index in [1.807, 2.05) is 41.3 Å². The van der Waals surface area contributed by atoms with Crippen molar-refractivity contribution in [1.29, 1.82) is 5.26 Å². The number of hydrogen-bond acceptors (Lipinski definition) is 7. The Bertz CT molecular complexity index is 1240. The smallest absolute Gasteiger partial charge is 0.162 e. The van der Waals surface area contributed by atoms with Gasteiger partial charge in [0.25, 0.3) is 0 Å². The molecule has 0 radical (unpaired) electrons. The molecule has 1 aliphatic heterocycles.